The highest BCUT2D eigenvalue weighted by Crippen LogP contribution is 2.31. The number of aromatic amines is 1. The van der Waals surface area contributed by atoms with E-state index < -0.39 is 11.6 Å². The van der Waals surface area contributed by atoms with Crippen LogP contribution in [0.2, 0.25) is 0 Å². The fraction of sp³-hybridized carbons (Fsp3) is 0.471. The molecule has 1 fully saturated rings. The summed E-state index contributed by atoms with van der Waals surface area (Å²) in [5.74, 6) is -1.17. The molecule has 124 valence electrons. The first kappa shape index (κ1) is 16.1. The minimum Gasteiger partial charge on any atom is -0.327 e. The monoisotopic (exact) mass is 320 g/mol. The maximum absolute atomic E-state index is 14.0. The van der Waals surface area contributed by atoms with Crippen LogP contribution in [-0.4, -0.2) is 34.2 Å². The minimum absolute atomic E-state index is 0.0192. The standard InChI is InChI=1S/C17H22F2N4/c1-17(2)10-23(7-6-14(17)20)9-11-8-21-22-16(11)15-12(18)4-3-5-13(15)19/h3-5,8,14H,6-7,9-10,20H2,1-2H3,(H,21,22). The number of halogens is 2. The molecule has 4 nitrogen and oxygen atoms in total. The van der Waals surface area contributed by atoms with Gasteiger partial charge in [0, 0.05) is 31.2 Å². The van der Waals surface area contributed by atoms with E-state index in [1.165, 1.54) is 18.2 Å². The van der Waals surface area contributed by atoms with Gasteiger partial charge in [-0.05, 0) is 24.0 Å². The first-order chi connectivity index (χ1) is 10.9. The van der Waals surface area contributed by atoms with Gasteiger partial charge < -0.3 is 5.73 Å². The topological polar surface area (TPSA) is 57.9 Å². The van der Waals surface area contributed by atoms with Gasteiger partial charge in [-0.25, -0.2) is 8.78 Å². The molecule has 1 aromatic carbocycles. The highest BCUT2D eigenvalue weighted by molar-refractivity contribution is 5.64. The molecule has 6 heteroatoms. The molecule has 0 aliphatic carbocycles. The van der Waals surface area contributed by atoms with Crippen molar-refractivity contribution in [3.05, 3.63) is 41.6 Å². The molecule has 3 rings (SSSR count). The SMILES string of the molecule is CC1(C)CN(Cc2cn[nH]c2-c2c(F)cccc2F)CCC1N. The molecule has 1 aromatic heterocycles. The lowest BCUT2D eigenvalue weighted by Crippen LogP contribution is -2.52. The molecule has 0 radical (unpaired) electrons. The van der Waals surface area contributed by atoms with E-state index in [1.54, 1.807) is 6.20 Å². The molecule has 2 heterocycles. The lowest BCUT2D eigenvalue weighted by Gasteiger charge is -2.42. The highest BCUT2D eigenvalue weighted by atomic mass is 19.1. The second-order valence-electron chi connectivity index (χ2n) is 6.96. The Hall–Kier alpha value is -1.79. The lowest BCUT2D eigenvalue weighted by atomic mass is 9.79. The Morgan fingerprint density at radius 3 is 2.70 bits per heavy atom. The van der Waals surface area contributed by atoms with E-state index in [0.717, 1.165) is 25.1 Å². The number of hydrogen-bond acceptors (Lipinski definition) is 3. The summed E-state index contributed by atoms with van der Waals surface area (Å²) in [7, 11) is 0. The highest BCUT2D eigenvalue weighted by Gasteiger charge is 2.33. The summed E-state index contributed by atoms with van der Waals surface area (Å²) in [6, 6.07) is 4.04. The zero-order valence-corrected chi connectivity index (χ0v) is 13.4. The molecule has 0 bridgehead atoms. The second-order valence-corrected chi connectivity index (χ2v) is 6.96. The van der Waals surface area contributed by atoms with Crippen LogP contribution in [0.4, 0.5) is 8.78 Å². The summed E-state index contributed by atoms with van der Waals surface area (Å²) >= 11 is 0. The average Bonchev–Trinajstić information content (AvgIpc) is 2.90. The zero-order valence-electron chi connectivity index (χ0n) is 13.4. The molecule has 23 heavy (non-hydrogen) atoms. The summed E-state index contributed by atoms with van der Waals surface area (Å²) in [5.41, 5.74) is 7.34. The Morgan fingerprint density at radius 2 is 2.04 bits per heavy atom. The van der Waals surface area contributed by atoms with Crippen molar-refractivity contribution in [1.82, 2.24) is 15.1 Å². The van der Waals surface area contributed by atoms with Crippen LogP contribution in [0, 0.1) is 17.0 Å². The molecule has 1 atom stereocenters. The number of H-pyrrole nitrogens is 1. The number of likely N-dealkylation sites (tertiary alicyclic amines) is 1. The van der Waals surface area contributed by atoms with Crippen LogP contribution in [0.25, 0.3) is 11.3 Å². The third-order valence-corrected chi connectivity index (χ3v) is 4.72. The number of hydrogen-bond donors (Lipinski definition) is 2. The lowest BCUT2D eigenvalue weighted by molar-refractivity contribution is 0.0900. The normalized spacial score (nSPS) is 21.5. The second kappa shape index (κ2) is 6.02. The number of nitrogens with zero attached hydrogens (tertiary/aromatic N) is 2. The Kier molecular flexibility index (Phi) is 4.21. The predicted molar refractivity (Wildman–Crippen MR) is 85.6 cm³/mol. The summed E-state index contributed by atoms with van der Waals surface area (Å²) in [5, 5.41) is 6.73. The molecular formula is C17H22F2N4. The van der Waals surface area contributed by atoms with Crippen molar-refractivity contribution in [2.45, 2.75) is 32.9 Å². The van der Waals surface area contributed by atoms with Crippen LogP contribution in [0.5, 0.6) is 0 Å². The fourth-order valence-corrected chi connectivity index (χ4v) is 3.24. The molecule has 0 spiro atoms. The van der Waals surface area contributed by atoms with Gasteiger partial charge in [-0.2, -0.15) is 5.10 Å². The van der Waals surface area contributed by atoms with Gasteiger partial charge in [0.05, 0.1) is 17.5 Å². The van der Waals surface area contributed by atoms with E-state index >= 15 is 0 Å². The maximum atomic E-state index is 14.0. The van der Waals surface area contributed by atoms with Gasteiger partial charge in [-0.1, -0.05) is 19.9 Å². The number of aromatic nitrogens is 2. The van der Waals surface area contributed by atoms with Crippen LogP contribution >= 0.6 is 0 Å². The minimum atomic E-state index is -0.587. The molecular weight excluding hydrogens is 298 g/mol. The molecule has 0 amide bonds. The van der Waals surface area contributed by atoms with E-state index in [9.17, 15) is 8.78 Å². The average molecular weight is 320 g/mol. The molecule has 1 aliphatic heterocycles. The molecule has 1 unspecified atom stereocenters. The molecule has 1 saturated heterocycles. The van der Waals surface area contributed by atoms with Crippen LogP contribution in [0.15, 0.2) is 24.4 Å². The van der Waals surface area contributed by atoms with Gasteiger partial charge in [0.15, 0.2) is 0 Å². The van der Waals surface area contributed by atoms with Crippen LogP contribution in [-0.2, 0) is 6.54 Å². The third-order valence-electron chi connectivity index (χ3n) is 4.72. The largest absolute Gasteiger partial charge is 0.327 e. The molecule has 2 aromatic rings. The summed E-state index contributed by atoms with van der Waals surface area (Å²) in [4.78, 5) is 2.26. The van der Waals surface area contributed by atoms with Gasteiger partial charge in [0.1, 0.15) is 11.6 Å². The third kappa shape index (κ3) is 3.14. The Morgan fingerprint density at radius 1 is 1.35 bits per heavy atom. The smallest absolute Gasteiger partial charge is 0.135 e. The number of nitrogens with two attached hydrogens (primary N) is 1. The number of nitrogens with one attached hydrogen (secondary N) is 1. The van der Waals surface area contributed by atoms with E-state index in [0.29, 0.717) is 12.2 Å². The van der Waals surface area contributed by atoms with Crippen molar-refractivity contribution in [2.24, 2.45) is 11.1 Å². The Labute approximate surface area is 134 Å². The van der Waals surface area contributed by atoms with Gasteiger partial charge in [-0.15, -0.1) is 0 Å². The number of rotatable bonds is 3. The number of piperidine rings is 1. The van der Waals surface area contributed by atoms with Crippen molar-refractivity contribution < 1.29 is 8.78 Å². The van der Waals surface area contributed by atoms with E-state index in [2.05, 4.69) is 28.9 Å². The number of benzene rings is 1. The summed E-state index contributed by atoms with van der Waals surface area (Å²) in [6.07, 6.45) is 2.55. The van der Waals surface area contributed by atoms with Crippen LogP contribution in [0.1, 0.15) is 25.8 Å². The van der Waals surface area contributed by atoms with Gasteiger partial charge >= 0.3 is 0 Å². The Bertz CT molecular complexity index is 675. The molecule has 1 aliphatic rings. The van der Waals surface area contributed by atoms with Gasteiger partial charge in [-0.3, -0.25) is 10.00 Å². The Balaban J connectivity index is 1.85. The van der Waals surface area contributed by atoms with Crippen molar-refractivity contribution in [3.8, 4) is 11.3 Å². The quantitative estimate of drug-likeness (QED) is 0.914. The van der Waals surface area contributed by atoms with Crippen molar-refractivity contribution in [2.75, 3.05) is 13.1 Å². The van der Waals surface area contributed by atoms with E-state index in [4.69, 9.17) is 5.73 Å². The fourth-order valence-electron chi connectivity index (χ4n) is 3.24. The van der Waals surface area contributed by atoms with Crippen molar-refractivity contribution in [1.29, 1.82) is 0 Å². The maximum Gasteiger partial charge on any atom is 0.135 e. The van der Waals surface area contributed by atoms with Crippen molar-refractivity contribution in [3.63, 3.8) is 0 Å². The van der Waals surface area contributed by atoms with Crippen molar-refractivity contribution >= 4 is 0 Å². The van der Waals surface area contributed by atoms with Gasteiger partial charge in [0.2, 0.25) is 0 Å². The molecule has 0 saturated carbocycles. The predicted octanol–water partition coefficient (Wildman–Crippen LogP) is 2.91. The van der Waals surface area contributed by atoms with E-state index in [-0.39, 0.29) is 17.0 Å². The molecule has 3 N–H and O–H groups in total. The zero-order chi connectivity index (χ0) is 16.6. The summed E-state index contributed by atoms with van der Waals surface area (Å²) < 4.78 is 28.1. The first-order valence-electron chi connectivity index (χ1n) is 7.83. The summed E-state index contributed by atoms with van der Waals surface area (Å²) in [6.45, 7) is 6.61. The first-order valence-corrected chi connectivity index (χ1v) is 7.83. The van der Waals surface area contributed by atoms with Crippen LogP contribution in [0.3, 0.4) is 0 Å². The van der Waals surface area contributed by atoms with E-state index in [1.807, 2.05) is 0 Å². The van der Waals surface area contributed by atoms with Gasteiger partial charge in [0.25, 0.3) is 0 Å². The van der Waals surface area contributed by atoms with Crippen LogP contribution < -0.4 is 5.73 Å².